The van der Waals surface area contributed by atoms with Gasteiger partial charge < -0.3 is 30.4 Å². The van der Waals surface area contributed by atoms with E-state index in [1.807, 2.05) is 21.9 Å². The van der Waals surface area contributed by atoms with Crippen molar-refractivity contribution < 1.29 is 52.9 Å². The SMILES string of the molecule is N#C[C@@H]1CC(F)(F)CN1C(=O)CNC(=O)c1ccnc2ccc(SCCCN3CCN(C(=O)CN4CCN(CC(=O)O)CCN(CC(=O)O)CCN(CC(=O)O)CC4)CC3)cc12. The molecule has 0 saturated carbocycles. The number of hydrogen-bond donors (Lipinski definition) is 4. The van der Waals surface area contributed by atoms with Crippen molar-refractivity contribution in [2.24, 2.45) is 0 Å². The number of amides is 3. The zero-order chi connectivity index (χ0) is 44.8. The lowest BCUT2D eigenvalue weighted by Crippen LogP contribution is -2.53. The summed E-state index contributed by atoms with van der Waals surface area (Å²) < 4.78 is 27.7. The summed E-state index contributed by atoms with van der Waals surface area (Å²) in [5.74, 6) is -6.84. The Kier molecular flexibility index (Phi) is 17.7. The van der Waals surface area contributed by atoms with Crippen molar-refractivity contribution in [3.8, 4) is 6.07 Å². The maximum absolute atomic E-state index is 13.8. The van der Waals surface area contributed by atoms with E-state index < -0.39 is 61.2 Å². The number of nitriles is 1. The van der Waals surface area contributed by atoms with Crippen molar-refractivity contribution in [3.05, 3.63) is 36.0 Å². The molecule has 3 saturated heterocycles. The van der Waals surface area contributed by atoms with E-state index in [1.165, 1.54) is 12.3 Å². The molecule has 22 heteroatoms. The van der Waals surface area contributed by atoms with E-state index in [9.17, 15) is 58.1 Å². The quantitative estimate of drug-likeness (QED) is 0.127. The average molecular weight is 889 g/mol. The molecular formula is C40H54F2N10O9S. The second-order valence-electron chi connectivity index (χ2n) is 15.7. The average Bonchev–Trinajstić information content (AvgIpc) is 3.55. The van der Waals surface area contributed by atoms with Crippen LogP contribution in [-0.4, -0.2) is 232 Å². The summed E-state index contributed by atoms with van der Waals surface area (Å²) in [6.07, 6.45) is 1.58. The number of aromatic nitrogens is 1. The number of hydrogen-bond acceptors (Lipinski definition) is 14. The van der Waals surface area contributed by atoms with E-state index in [2.05, 4.69) is 15.2 Å². The number of carboxylic acids is 3. The molecule has 1 atom stereocenters. The van der Waals surface area contributed by atoms with Crippen LogP contribution in [0.15, 0.2) is 35.4 Å². The number of carboxylic acid groups (broad SMARTS) is 3. The number of alkyl halides is 2. The largest absolute Gasteiger partial charge is 0.480 e. The molecule has 4 N–H and O–H groups in total. The van der Waals surface area contributed by atoms with E-state index >= 15 is 0 Å². The molecular weight excluding hydrogens is 835 g/mol. The number of aliphatic carboxylic acids is 3. The second kappa shape index (κ2) is 22.9. The summed E-state index contributed by atoms with van der Waals surface area (Å²) in [7, 11) is 0. The number of fused-ring (bicyclic) bond motifs is 1. The van der Waals surface area contributed by atoms with Crippen molar-refractivity contribution in [2.45, 2.75) is 29.7 Å². The van der Waals surface area contributed by atoms with Crippen molar-refractivity contribution in [1.29, 1.82) is 5.26 Å². The van der Waals surface area contributed by atoms with Gasteiger partial charge in [-0.05, 0) is 43.0 Å². The van der Waals surface area contributed by atoms with Crippen LogP contribution >= 0.6 is 11.8 Å². The minimum absolute atomic E-state index is 0.0659. The van der Waals surface area contributed by atoms with Crippen LogP contribution in [0.1, 0.15) is 23.2 Å². The lowest BCUT2D eigenvalue weighted by atomic mass is 10.1. The van der Waals surface area contributed by atoms with Crippen LogP contribution < -0.4 is 5.32 Å². The maximum Gasteiger partial charge on any atom is 0.317 e. The summed E-state index contributed by atoms with van der Waals surface area (Å²) in [5.41, 5.74) is 0.842. The number of nitrogens with zero attached hydrogens (tertiary/aromatic N) is 9. The van der Waals surface area contributed by atoms with Gasteiger partial charge in [-0.3, -0.25) is 58.3 Å². The molecule has 0 radical (unpaired) electrons. The van der Waals surface area contributed by atoms with Crippen LogP contribution in [0.2, 0.25) is 0 Å². The fourth-order valence-electron chi connectivity index (χ4n) is 7.74. The number of piperazine rings is 1. The molecule has 2 aromatic rings. The third kappa shape index (κ3) is 14.8. The number of likely N-dealkylation sites (tertiary alicyclic amines) is 1. The molecule has 3 amide bonds. The smallest absolute Gasteiger partial charge is 0.317 e. The fraction of sp³-hybridized carbons (Fsp3) is 0.600. The van der Waals surface area contributed by atoms with E-state index in [0.717, 1.165) is 28.5 Å². The maximum atomic E-state index is 13.8. The predicted molar refractivity (Wildman–Crippen MR) is 222 cm³/mol. The van der Waals surface area contributed by atoms with E-state index in [4.69, 9.17) is 0 Å². The van der Waals surface area contributed by atoms with Crippen LogP contribution in [0.3, 0.4) is 0 Å². The number of carbonyl (C=O) groups is 6. The number of pyridine rings is 1. The standard InChI is InChI=1S/C40H54F2N10O9S/c41-40(42)21-29(22-43)52(28-40)34(53)23-45-39(61)31-4-5-44-33-3-2-30(20-32(31)33)62-19-1-6-46-15-17-51(18-16-46)35(54)24-47-7-9-48(25-36(55)56)11-13-50(27-38(59)60)14-12-49(10-8-47)26-37(57)58/h2-5,20,29H,1,6-19,21,23-28H2,(H,45,61)(H,55,56)(H,57,58)(H,59,60)/t29-/m0/s1. The monoisotopic (exact) mass is 888 g/mol. The predicted octanol–water partition coefficient (Wildman–Crippen LogP) is -0.174. The Morgan fingerprint density at radius 1 is 0.758 bits per heavy atom. The minimum Gasteiger partial charge on any atom is -0.480 e. The molecule has 338 valence electrons. The van der Waals surface area contributed by atoms with Gasteiger partial charge in [-0.25, -0.2) is 8.78 Å². The minimum atomic E-state index is -3.16. The van der Waals surface area contributed by atoms with E-state index in [-0.39, 0.29) is 37.6 Å². The third-order valence-electron chi connectivity index (χ3n) is 11.1. The van der Waals surface area contributed by atoms with Gasteiger partial charge in [0.15, 0.2) is 0 Å². The Bertz CT molecular complexity index is 1940. The first-order chi connectivity index (χ1) is 29.6. The first-order valence-electron chi connectivity index (χ1n) is 20.5. The number of carbonyl (C=O) groups excluding carboxylic acids is 3. The van der Waals surface area contributed by atoms with Gasteiger partial charge in [-0.15, -0.1) is 11.8 Å². The zero-order valence-electron chi connectivity index (χ0n) is 34.5. The fourth-order valence-corrected chi connectivity index (χ4v) is 8.61. The summed E-state index contributed by atoms with van der Waals surface area (Å²) in [5, 5.41) is 40.7. The molecule has 1 aromatic heterocycles. The highest BCUT2D eigenvalue weighted by atomic mass is 32.2. The zero-order valence-corrected chi connectivity index (χ0v) is 35.3. The van der Waals surface area contributed by atoms with Crippen LogP contribution in [0.4, 0.5) is 8.78 Å². The molecule has 62 heavy (non-hydrogen) atoms. The lowest BCUT2D eigenvalue weighted by Gasteiger charge is -2.37. The van der Waals surface area contributed by atoms with Gasteiger partial charge in [0, 0.05) is 101 Å². The van der Waals surface area contributed by atoms with Crippen molar-refractivity contribution in [1.82, 2.24) is 44.6 Å². The number of halogens is 2. The van der Waals surface area contributed by atoms with Gasteiger partial charge >= 0.3 is 17.9 Å². The molecule has 4 heterocycles. The number of nitrogens with one attached hydrogen (secondary N) is 1. The highest BCUT2D eigenvalue weighted by molar-refractivity contribution is 7.99. The van der Waals surface area contributed by atoms with Gasteiger partial charge in [0.05, 0.1) is 56.4 Å². The van der Waals surface area contributed by atoms with Gasteiger partial charge in [-0.2, -0.15) is 5.26 Å². The summed E-state index contributed by atoms with van der Waals surface area (Å²) in [6, 6.07) is 7.55. The van der Waals surface area contributed by atoms with Crippen LogP contribution in [0, 0.1) is 11.3 Å². The summed E-state index contributed by atoms with van der Waals surface area (Å²) in [4.78, 5) is 91.2. The number of rotatable bonds is 16. The van der Waals surface area contributed by atoms with E-state index in [1.54, 1.807) is 38.6 Å². The topological polar surface area (TPSA) is 234 Å². The molecule has 0 bridgehead atoms. The van der Waals surface area contributed by atoms with Crippen LogP contribution in [-0.2, 0) is 24.0 Å². The van der Waals surface area contributed by atoms with Crippen LogP contribution in [0.5, 0.6) is 0 Å². The third-order valence-corrected chi connectivity index (χ3v) is 12.2. The molecule has 3 aliphatic heterocycles. The summed E-state index contributed by atoms with van der Waals surface area (Å²) in [6.45, 7) is 3.79. The molecule has 3 aliphatic rings. The van der Waals surface area contributed by atoms with Gasteiger partial charge in [0.25, 0.3) is 11.8 Å². The number of benzene rings is 1. The first-order valence-corrected chi connectivity index (χ1v) is 21.5. The van der Waals surface area contributed by atoms with Gasteiger partial charge in [0.1, 0.15) is 6.04 Å². The van der Waals surface area contributed by atoms with Crippen molar-refractivity contribution in [3.63, 3.8) is 0 Å². The first kappa shape index (κ1) is 48.0. The van der Waals surface area contributed by atoms with Gasteiger partial charge in [-0.1, -0.05) is 0 Å². The Morgan fingerprint density at radius 3 is 1.82 bits per heavy atom. The molecule has 0 aliphatic carbocycles. The Balaban J connectivity index is 1.08. The molecule has 0 unspecified atom stereocenters. The Morgan fingerprint density at radius 2 is 1.29 bits per heavy atom. The highest BCUT2D eigenvalue weighted by Gasteiger charge is 2.47. The molecule has 3 fully saturated rings. The molecule has 5 rings (SSSR count). The molecule has 19 nitrogen and oxygen atoms in total. The summed E-state index contributed by atoms with van der Waals surface area (Å²) >= 11 is 1.61. The van der Waals surface area contributed by atoms with Gasteiger partial charge in [0.2, 0.25) is 11.8 Å². The molecule has 0 spiro atoms. The van der Waals surface area contributed by atoms with Crippen molar-refractivity contribution in [2.75, 3.05) is 130 Å². The van der Waals surface area contributed by atoms with Crippen molar-refractivity contribution >= 4 is 58.3 Å². The molecule has 1 aromatic carbocycles. The van der Waals surface area contributed by atoms with E-state index in [0.29, 0.717) is 89.4 Å². The number of thioether (sulfide) groups is 1. The van der Waals surface area contributed by atoms with Crippen LogP contribution in [0.25, 0.3) is 10.9 Å². The highest BCUT2D eigenvalue weighted by Crippen LogP contribution is 2.32. The second-order valence-corrected chi connectivity index (χ2v) is 16.8. The Labute approximate surface area is 362 Å². The normalized spacial score (nSPS) is 20.2. The Hall–Kier alpha value is -5.05. The lowest BCUT2D eigenvalue weighted by molar-refractivity contribution is -0.141.